The summed E-state index contributed by atoms with van der Waals surface area (Å²) in [5, 5.41) is 4.66. The molecular formula is C15H19N3OS. The third-order valence-electron chi connectivity index (χ3n) is 3.29. The van der Waals surface area contributed by atoms with Crippen LogP contribution in [0.5, 0.6) is 0 Å². The predicted octanol–water partition coefficient (Wildman–Crippen LogP) is 2.53. The standard InChI is InChI=1S/C15H19N3OS/c1-19-10-13-14(9-17-11-5-6-11)20-15(18-13)8-12-4-2-3-7-16-12/h2-4,7,11,17H,5-6,8-10H2,1H3. The lowest BCUT2D eigenvalue weighted by atomic mass is 10.3. The van der Waals surface area contributed by atoms with Crippen LogP contribution in [-0.2, 0) is 24.3 Å². The summed E-state index contributed by atoms with van der Waals surface area (Å²) in [7, 11) is 1.72. The van der Waals surface area contributed by atoms with Crippen molar-refractivity contribution in [3.8, 4) is 0 Å². The lowest BCUT2D eigenvalue weighted by molar-refractivity contribution is 0.181. The van der Waals surface area contributed by atoms with Gasteiger partial charge in [-0.3, -0.25) is 4.98 Å². The van der Waals surface area contributed by atoms with Crippen molar-refractivity contribution in [2.24, 2.45) is 0 Å². The molecule has 2 heterocycles. The molecule has 0 aliphatic heterocycles. The molecule has 1 saturated carbocycles. The third-order valence-corrected chi connectivity index (χ3v) is 4.39. The molecule has 0 bridgehead atoms. The Kier molecular flexibility index (Phi) is 4.40. The predicted molar refractivity (Wildman–Crippen MR) is 79.7 cm³/mol. The number of thiazole rings is 1. The van der Waals surface area contributed by atoms with Crippen molar-refractivity contribution in [3.05, 3.63) is 45.7 Å². The van der Waals surface area contributed by atoms with E-state index in [1.807, 2.05) is 24.4 Å². The molecule has 1 aliphatic carbocycles. The van der Waals surface area contributed by atoms with Crippen molar-refractivity contribution in [1.29, 1.82) is 0 Å². The van der Waals surface area contributed by atoms with Crippen molar-refractivity contribution in [3.63, 3.8) is 0 Å². The Hall–Kier alpha value is -1.30. The highest BCUT2D eigenvalue weighted by atomic mass is 32.1. The summed E-state index contributed by atoms with van der Waals surface area (Å²) in [6.07, 6.45) is 5.23. The topological polar surface area (TPSA) is 47.0 Å². The van der Waals surface area contributed by atoms with Crippen LogP contribution in [0.15, 0.2) is 24.4 Å². The molecule has 2 aromatic heterocycles. The summed E-state index contributed by atoms with van der Waals surface area (Å²) in [6.45, 7) is 1.49. The smallest absolute Gasteiger partial charge is 0.0992 e. The van der Waals surface area contributed by atoms with Gasteiger partial charge in [-0.15, -0.1) is 11.3 Å². The summed E-state index contributed by atoms with van der Waals surface area (Å²) in [5.74, 6) is 0. The van der Waals surface area contributed by atoms with Gasteiger partial charge >= 0.3 is 0 Å². The van der Waals surface area contributed by atoms with E-state index in [2.05, 4.69) is 10.3 Å². The minimum absolute atomic E-state index is 0.584. The molecule has 0 atom stereocenters. The van der Waals surface area contributed by atoms with Crippen LogP contribution in [0.1, 0.15) is 34.1 Å². The van der Waals surface area contributed by atoms with Crippen LogP contribution in [0.2, 0.25) is 0 Å². The highest BCUT2D eigenvalue weighted by Crippen LogP contribution is 2.24. The first-order valence-corrected chi connectivity index (χ1v) is 7.76. The van der Waals surface area contributed by atoms with Gasteiger partial charge in [-0.2, -0.15) is 0 Å². The first-order chi connectivity index (χ1) is 9.85. The molecule has 20 heavy (non-hydrogen) atoms. The molecular weight excluding hydrogens is 270 g/mol. The van der Waals surface area contributed by atoms with Crippen LogP contribution >= 0.6 is 11.3 Å². The summed E-state index contributed by atoms with van der Waals surface area (Å²) in [6, 6.07) is 6.71. The van der Waals surface area contributed by atoms with Gasteiger partial charge in [-0.1, -0.05) is 6.07 Å². The minimum atomic E-state index is 0.584. The molecule has 1 fully saturated rings. The zero-order chi connectivity index (χ0) is 13.8. The molecule has 4 nitrogen and oxygen atoms in total. The van der Waals surface area contributed by atoms with Crippen molar-refractivity contribution in [2.75, 3.05) is 7.11 Å². The number of ether oxygens (including phenoxy) is 1. The molecule has 1 N–H and O–H groups in total. The molecule has 0 aromatic carbocycles. The summed E-state index contributed by atoms with van der Waals surface area (Å²) >= 11 is 1.77. The number of hydrogen-bond donors (Lipinski definition) is 1. The van der Waals surface area contributed by atoms with Gasteiger partial charge in [-0.05, 0) is 25.0 Å². The zero-order valence-corrected chi connectivity index (χ0v) is 12.4. The van der Waals surface area contributed by atoms with Gasteiger partial charge in [0.05, 0.1) is 17.3 Å². The average Bonchev–Trinajstić information content (AvgIpc) is 3.22. The Balaban J connectivity index is 1.71. The number of pyridine rings is 1. The molecule has 2 aromatic rings. The van der Waals surface area contributed by atoms with Crippen LogP contribution in [0.3, 0.4) is 0 Å². The monoisotopic (exact) mass is 289 g/mol. The molecule has 0 amide bonds. The van der Waals surface area contributed by atoms with Crippen LogP contribution in [0.25, 0.3) is 0 Å². The molecule has 0 saturated heterocycles. The minimum Gasteiger partial charge on any atom is -0.378 e. The number of hydrogen-bond acceptors (Lipinski definition) is 5. The van der Waals surface area contributed by atoms with Gasteiger partial charge in [0.25, 0.3) is 0 Å². The van der Waals surface area contributed by atoms with E-state index in [1.165, 1.54) is 17.7 Å². The van der Waals surface area contributed by atoms with E-state index < -0.39 is 0 Å². The Morgan fingerprint density at radius 2 is 2.30 bits per heavy atom. The largest absolute Gasteiger partial charge is 0.378 e. The fraction of sp³-hybridized carbons (Fsp3) is 0.467. The summed E-state index contributed by atoms with van der Waals surface area (Å²) < 4.78 is 5.26. The van der Waals surface area contributed by atoms with E-state index in [9.17, 15) is 0 Å². The summed E-state index contributed by atoms with van der Waals surface area (Å²) in [5.41, 5.74) is 2.13. The lowest BCUT2D eigenvalue weighted by Gasteiger charge is -2.02. The maximum atomic E-state index is 5.26. The van der Waals surface area contributed by atoms with Crippen LogP contribution < -0.4 is 5.32 Å². The number of nitrogens with one attached hydrogen (secondary N) is 1. The van der Waals surface area contributed by atoms with Crippen LogP contribution in [0, 0.1) is 0 Å². The second kappa shape index (κ2) is 6.43. The molecule has 3 rings (SSSR count). The van der Waals surface area contributed by atoms with E-state index in [4.69, 9.17) is 9.72 Å². The first-order valence-electron chi connectivity index (χ1n) is 6.95. The van der Waals surface area contributed by atoms with Gasteiger partial charge in [0, 0.05) is 42.9 Å². The Bertz CT molecular complexity index is 552. The van der Waals surface area contributed by atoms with Crippen LogP contribution in [0.4, 0.5) is 0 Å². The second-order valence-electron chi connectivity index (χ2n) is 5.06. The number of aromatic nitrogens is 2. The molecule has 1 aliphatic rings. The second-order valence-corrected chi connectivity index (χ2v) is 6.23. The third kappa shape index (κ3) is 3.62. The van der Waals surface area contributed by atoms with E-state index in [0.29, 0.717) is 12.6 Å². The molecule has 5 heteroatoms. The SMILES string of the molecule is COCc1nc(Cc2ccccn2)sc1CNC1CC1. The lowest BCUT2D eigenvalue weighted by Crippen LogP contribution is -2.15. The Morgan fingerprint density at radius 3 is 3.00 bits per heavy atom. The first kappa shape index (κ1) is 13.7. The Labute approximate surface area is 123 Å². The highest BCUT2D eigenvalue weighted by molar-refractivity contribution is 7.11. The average molecular weight is 289 g/mol. The molecule has 0 radical (unpaired) electrons. The van der Waals surface area contributed by atoms with Crippen molar-refractivity contribution < 1.29 is 4.74 Å². The van der Waals surface area contributed by atoms with E-state index >= 15 is 0 Å². The normalized spacial score (nSPS) is 14.7. The quantitative estimate of drug-likeness (QED) is 0.851. The van der Waals surface area contributed by atoms with Gasteiger partial charge in [-0.25, -0.2) is 4.98 Å². The van der Waals surface area contributed by atoms with Crippen molar-refractivity contribution in [2.45, 2.75) is 38.5 Å². The van der Waals surface area contributed by atoms with Gasteiger partial charge in [0.1, 0.15) is 0 Å². The zero-order valence-electron chi connectivity index (χ0n) is 11.6. The van der Waals surface area contributed by atoms with Gasteiger partial charge < -0.3 is 10.1 Å². The Morgan fingerprint density at radius 1 is 1.40 bits per heavy atom. The van der Waals surface area contributed by atoms with Crippen LogP contribution in [-0.4, -0.2) is 23.1 Å². The van der Waals surface area contributed by atoms with E-state index in [1.54, 1.807) is 18.4 Å². The number of rotatable bonds is 7. The van der Waals surface area contributed by atoms with Crippen molar-refractivity contribution in [1.82, 2.24) is 15.3 Å². The number of methoxy groups -OCH3 is 1. The molecule has 0 unspecified atom stereocenters. The van der Waals surface area contributed by atoms with Gasteiger partial charge in [0.15, 0.2) is 0 Å². The maximum Gasteiger partial charge on any atom is 0.0992 e. The fourth-order valence-corrected chi connectivity index (χ4v) is 3.12. The van der Waals surface area contributed by atoms with E-state index in [-0.39, 0.29) is 0 Å². The van der Waals surface area contributed by atoms with Crippen molar-refractivity contribution >= 4 is 11.3 Å². The van der Waals surface area contributed by atoms with E-state index in [0.717, 1.165) is 29.4 Å². The fourth-order valence-electron chi connectivity index (χ4n) is 2.08. The highest BCUT2D eigenvalue weighted by Gasteiger charge is 2.21. The van der Waals surface area contributed by atoms with Gasteiger partial charge in [0.2, 0.25) is 0 Å². The summed E-state index contributed by atoms with van der Waals surface area (Å²) in [4.78, 5) is 10.4. The molecule has 106 valence electrons. The maximum absolute atomic E-state index is 5.26. The number of nitrogens with zero attached hydrogens (tertiary/aromatic N) is 2. The molecule has 0 spiro atoms.